The zero-order valence-corrected chi connectivity index (χ0v) is 19.6. The molecule has 3 heterocycles. The predicted molar refractivity (Wildman–Crippen MR) is 122 cm³/mol. The molecule has 4 rings (SSSR count). The molecule has 3 amide bonds. The number of fused-ring (bicyclic) bond motifs is 1. The van der Waals surface area contributed by atoms with Gasteiger partial charge in [0.25, 0.3) is 5.91 Å². The molecule has 3 aliphatic heterocycles. The molecule has 8 nitrogen and oxygen atoms in total. The second-order valence-electron chi connectivity index (χ2n) is 10.3. The van der Waals surface area contributed by atoms with E-state index in [1.807, 2.05) is 20.8 Å². The van der Waals surface area contributed by atoms with Crippen molar-refractivity contribution < 1.29 is 18.8 Å². The van der Waals surface area contributed by atoms with Crippen molar-refractivity contribution in [1.29, 1.82) is 0 Å². The number of piperidine rings is 1. The van der Waals surface area contributed by atoms with Gasteiger partial charge in [0.05, 0.1) is 11.5 Å². The fourth-order valence-corrected chi connectivity index (χ4v) is 5.03. The lowest BCUT2D eigenvalue weighted by Crippen LogP contribution is -2.67. The summed E-state index contributed by atoms with van der Waals surface area (Å²) in [4.78, 5) is 41.2. The van der Waals surface area contributed by atoms with Crippen LogP contribution in [0.4, 0.5) is 4.39 Å². The topological polar surface area (TPSA) is 93.8 Å². The van der Waals surface area contributed by atoms with E-state index in [1.54, 1.807) is 21.9 Å². The molecule has 1 aromatic carbocycles. The van der Waals surface area contributed by atoms with E-state index < -0.39 is 11.2 Å². The number of nitrogens with zero attached hydrogens (tertiary/aromatic N) is 2. The third-order valence-electron chi connectivity index (χ3n) is 6.87. The van der Waals surface area contributed by atoms with Gasteiger partial charge in [-0.15, -0.1) is 0 Å². The number of rotatable bonds is 3. The summed E-state index contributed by atoms with van der Waals surface area (Å²) in [5.74, 6) is -0.919. The van der Waals surface area contributed by atoms with Crippen LogP contribution < -0.4 is 16.2 Å². The summed E-state index contributed by atoms with van der Waals surface area (Å²) in [5.41, 5.74) is 6.27. The summed E-state index contributed by atoms with van der Waals surface area (Å²) in [5, 5.41) is 3.44. The van der Waals surface area contributed by atoms with Crippen LogP contribution in [-0.2, 0) is 16.0 Å². The van der Waals surface area contributed by atoms with Crippen molar-refractivity contribution in [3.05, 3.63) is 35.1 Å². The number of nitrogens with one attached hydrogen (secondary N) is 3. The van der Waals surface area contributed by atoms with Gasteiger partial charge < -0.3 is 15.1 Å². The van der Waals surface area contributed by atoms with Crippen LogP contribution in [0.15, 0.2) is 18.2 Å². The van der Waals surface area contributed by atoms with Crippen molar-refractivity contribution in [2.24, 2.45) is 11.3 Å². The van der Waals surface area contributed by atoms with Gasteiger partial charge in [0.2, 0.25) is 11.8 Å². The molecule has 180 valence electrons. The third kappa shape index (κ3) is 5.04. The normalized spacial score (nSPS) is 25.9. The Balaban J connectivity index is 1.43. The molecule has 33 heavy (non-hydrogen) atoms. The minimum Gasteiger partial charge on any atom is -0.339 e. The molecule has 3 aliphatic rings. The van der Waals surface area contributed by atoms with E-state index in [0.29, 0.717) is 32.6 Å². The van der Waals surface area contributed by atoms with Gasteiger partial charge in [-0.3, -0.25) is 19.8 Å². The lowest BCUT2D eigenvalue weighted by Gasteiger charge is -2.41. The molecule has 3 N–H and O–H groups in total. The van der Waals surface area contributed by atoms with Crippen LogP contribution in [-0.4, -0.2) is 72.3 Å². The number of hydrogen-bond acceptors (Lipinski definition) is 5. The molecule has 3 atom stereocenters. The van der Waals surface area contributed by atoms with Gasteiger partial charge in [0, 0.05) is 43.7 Å². The van der Waals surface area contributed by atoms with Crippen molar-refractivity contribution in [3.63, 3.8) is 0 Å². The van der Waals surface area contributed by atoms with Gasteiger partial charge in [-0.25, -0.2) is 9.82 Å². The van der Waals surface area contributed by atoms with Crippen molar-refractivity contribution in [2.75, 3.05) is 32.7 Å². The summed E-state index contributed by atoms with van der Waals surface area (Å²) in [7, 11) is 0. The first-order valence-electron chi connectivity index (χ1n) is 11.8. The van der Waals surface area contributed by atoms with Gasteiger partial charge in [-0.1, -0.05) is 26.8 Å². The van der Waals surface area contributed by atoms with E-state index in [1.165, 1.54) is 6.07 Å². The van der Waals surface area contributed by atoms with Gasteiger partial charge in [-0.05, 0) is 43.5 Å². The van der Waals surface area contributed by atoms with Crippen molar-refractivity contribution in [1.82, 2.24) is 26.0 Å². The summed E-state index contributed by atoms with van der Waals surface area (Å²) in [6, 6.07) is 4.62. The van der Waals surface area contributed by atoms with E-state index in [0.717, 1.165) is 24.9 Å². The maximum atomic E-state index is 14.6. The van der Waals surface area contributed by atoms with Crippen LogP contribution in [0, 0.1) is 17.2 Å². The summed E-state index contributed by atoms with van der Waals surface area (Å²) < 4.78 is 14.6. The molecule has 0 saturated carbocycles. The molecule has 0 aromatic heterocycles. The molecule has 3 saturated heterocycles. The number of hydrazine groups is 1. The first kappa shape index (κ1) is 23.6. The summed E-state index contributed by atoms with van der Waals surface area (Å²) in [6.07, 6.45) is 2.37. The molecule has 3 unspecified atom stereocenters. The highest BCUT2D eigenvalue weighted by atomic mass is 19.1. The molecule has 1 aromatic rings. The van der Waals surface area contributed by atoms with E-state index in [4.69, 9.17) is 0 Å². The van der Waals surface area contributed by atoms with E-state index in [9.17, 15) is 18.8 Å². The predicted octanol–water partition coefficient (Wildman–Crippen LogP) is 1.07. The molecule has 9 heteroatoms. The average Bonchev–Trinajstić information content (AvgIpc) is 2.81. The Bertz CT molecular complexity index is 923. The summed E-state index contributed by atoms with van der Waals surface area (Å²) in [6.45, 7) is 8.17. The molecule has 3 fully saturated rings. The van der Waals surface area contributed by atoms with E-state index >= 15 is 0 Å². The van der Waals surface area contributed by atoms with Crippen molar-refractivity contribution >= 4 is 17.7 Å². The van der Waals surface area contributed by atoms with Crippen LogP contribution in [0.2, 0.25) is 0 Å². The fourth-order valence-electron chi connectivity index (χ4n) is 5.03. The van der Waals surface area contributed by atoms with Crippen LogP contribution >= 0.6 is 0 Å². The van der Waals surface area contributed by atoms with Crippen LogP contribution in [0.3, 0.4) is 0 Å². The average molecular weight is 460 g/mol. The van der Waals surface area contributed by atoms with Crippen LogP contribution in [0.1, 0.15) is 49.5 Å². The highest BCUT2D eigenvalue weighted by Crippen LogP contribution is 2.25. The fraction of sp³-hybridized carbons (Fsp3) is 0.625. The quantitative estimate of drug-likeness (QED) is 0.629. The van der Waals surface area contributed by atoms with Crippen molar-refractivity contribution in [3.8, 4) is 0 Å². The number of carbonyl (C=O) groups excluding carboxylic acids is 3. The van der Waals surface area contributed by atoms with Gasteiger partial charge in [-0.2, -0.15) is 0 Å². The molecular formula is C24H34FN5O3. The highest BCUT2D eigenvalue weighted by molar-refractivity contribution is 5.95. The lowest BCUT2D eigenvalue weighted by molar-refractivity contribution is -0.141. The minimum absolute atomic E-state index is 0.00232. The zero-order chi connectivity index (χ0) is 23.8. The largest absolute Gasteiger partial charge is 0.339 e. The zero-order valence-electron chi connectivity index (χ0n) is 19.6. The SMILES string of the molecule is CC(C)(C)C(=O)N1CCN(C(=O)c2cc(CC3NNC(=O)C4CCCNC34)ccc2F)CC1. The van der Waals surface area contributed by atoms with Gasteiger partial charge in [0.15, 0.2) is 0 Å². The first-order chi connectivity index (χ1) is 15.6. The molecule has 0 bridgehead atoms. The molecule has 0 aliphatic carbocycles. The standard InChI is InChI=1S/C24H34FN5O3/c1-24(2,3)23(33)30-11-9-29(10-12-30)22(32)17-13-15(6-7-18(17)25)14-19-20-16(5-4-8-26-20)21(31)28-27-19/h6-7,13,16,19-20,26-27H,4-5,8-12,14H2,1-3H3,(H,28,31). The Hall–Kier alpha value is -2.52. The molecule has 0 radical (unpaired) electrons. The molecular weight excluding hydrogens is 425 g/mol. The van der Waals surface area contributed by atoms with E-state index in [-0.39, 0.29) is 41.3 Å². The maximum absolute atomic E-state index is 14.6. The number of carbonyl (C=O) groups is 3. The van der Waals surface area contributed by atoms with E-state index in [2.05, 4.69) is 16.2 Å². The number of amides is 3. The first-order valence-corrected chi connectivity index (χ1v) is 11.8. The Morgan fingerprint density at radius 2 is 1.82 bits per heavy atom. The highest BCUT2D eigenvalue weighted by Gasteiger charge is 2.40. The number of benzene rings is 1. The number of hydrogen-bond donors (Lipinski definition) is 3. The maximum Gasteiger partial charge on any atom is 0.256 e. The van der Waals surface area contributed by atoms with Gasteiger partial charge >= 0.3 is 0 Å². The smallest absolute Gasteiger partial charge is 0.256 e. The Morgan fingerprint density at radius 1 is 1.12 bits per heavy atom. The Labute approximate surface area is 194 Å². The monoisotopic (exact) mass is 459 g/mol. The summed E-state index contributed by atoms with van der Waals surface area (Å²) >= 11 is 0. The second kappa shape index (κ2) is 9.38. The van der Waals surface area contributed by atoms with Gasteiger partial charge in [0.1, 0.15) is 5.82 Å². The van der Waals surface area contributed by atoms with Crippen molar-refractivity contribution in [2.45, 2.75) is 52.1 Å². The molecule has 0 spiro atoms. The Kier molecular flexibility index (Phi) is 6.72. The van der Waals surface area contributed by atoms with Crippen LogP contribution in [0.5, 0.6) is 0 Å². The lowest BCUT2D eigenvalue weighted by atomic mass is 9.82. The van der Waals surface area contributed by atoms with Crippen LogP contribution in [0.25, 0.3) is 0 Å². The number of halogens is 1. The second-order valence-corrected chi connectivity index (χ2v) is 10.3. The minimum atomic E-state index is -0.546. The third-order valence-corrected chi connectivity index (χ3v) is 6.87. The Morgan fingerprint density at radius 3 is 2.52 bits per heavy atom. The number of piperazine rings is 1.